The Morgan fingerprint density at radius 3 is 2.76 bits per heavy atom. The van der Waals surface area contributed by atoms with Gasteiger partial charge < -0.3 is 30.2 Å². The fraction of sp³-hybridized carbons (Fsp3) is 0.462. The lowest BCUT2D eigenvalue weighted by Crippen LogP contribution is -2.43. The molecular weight excluding hydrogens is 474 g/mol. The fourth-order valence-electron chi connectivity index (χ4n) is 5.00. The Balaban J connectivity index is 1.19. The van der Waals surface area contributed by atoms with Crippen LogP contribution in [0, 0.1) is 0 Å². The van der Waals surface area contributed by atoms with Gasteiger partial charge in [0.15, 0.2) is 29.3 Å². The van der Waals surface area contributed by atoms with Crippen LogP contribution in [0.2, 0.25) is 0 Å². The molecular formula is C26H31N7O4. The number of para-hydroxylation sites is 1. The summed E-state index contributed by atoms with van der Waals surface area (Å²) in [6.07, 6.45) is 2.92. The molecule has 4 heterocycles. The molecule has 1 aliphatic carbocycles. The standard InChI is InChI=1S/C26H31N7O4/c1-14(2)32-11-15(17-5-3-4-6-18(17)32)9-10-27-23-19-24(29-12-28-23)33(13-30-19)26-21(35)20(34)22(37-26)25(36)31-16-7-8-16/h3-6,11-14,16,20-22,26,34-35H,7-10H2,1-2H3,(H,31,36)(H,27,28,29). The van der Waals surface area contributed by atoms with Crippen LogP contribution in [0.25, 0.3) is 22.1 Å². The smallest absolute Gasteiger partial charge is 0.252 e. The highest BCUT2D eigenvalue weighted by Crippen LogP contribution is 2.33. The molecule has 37 heavy (non-hydrogen) atoms. The van der Waals surface area contributed by atoms with Crippen LogP contribution in [0.15, 0.2) is 43.1 Å². The summed E-state index contributed by atoms with van der Waals surface area (Å²) in [6, 6.07) is 8.89. The summed E-state index contributed by atoms with van der Waals surface area (Å²) in [7, 11) is 0. The first kappa shape index (κ1) is 23.8. The maximum Gasteiger partial charge on any atom is 0.252 e. The Labute approximate surface area is 213 Å². The number of hydrogen-bond donors (Lipinski definition) is 4. The van der Waals surface area contributed by atoms with E-state index in [1.54, 1.807) is 0 Å². The van der Waals surface area contributed by atoms with E-state index in [4.69, 9.17) is 4.74 Å². The van der Waals surface area contributed by atoms with E-state index in [1.165, 1.54) is 33.7 Å². The molecule has 1 aliphatic heterocycles. The number of aromatic nitrogens is 5. The second kappa shape index (κ2) is 9.40. The molecule has 4 N–H and O–H groups in total. The van der Waals surface area contributed by atoms with Gasteiger partial charge in [-0.15, -0.1) is 0 Å². The van der Waals surface area contributed by atoms with Crippen molar-refractivity contribution in [3.05, 3.63) is 48.7 Å². The maximum absolute atomic E-state index is 12.5. The van der Waals surface area contributed by atoms with Gasteiger partial charge in [-0.05, 0) is 44.7 Å². The van der Waals surface area contributed by atoms with Gasteiger partial charge in [0, 0.05) is 35.7 Å². The van der Waals surface area contributed by atoms with Gasteiger partial charge >= 0.3 is 0 Å². The molecule has 3 aromatic heterocycles. The van der Waals surface area contributed by atoms with Crippen LogP contribution in [0.3, 0.4) is 0 Å². The fourth-order valence-corrected chi connectivity index (χ4v) is 5.00. The zero-order valence-electron chi connectivity index (χ0n) is 20.8. The predicted molar refractivity (Wildman–Crippen MR) is 137 cm³/mol. The number of aliphatic hydroxyl groups is 2. The van der Waals surface area contributed by atoms with E-state index in [-0.39, 0.29) is 6.04 Å². The summed E-state index contributed by atoms with van der Waals surface area (Å²) in [5.41, 5.74) is 3.42. The molecule has 0 radical (unpaired) electrons. The summed E-state index contributed by atoms with van der Waals surface area (Å²) in [5, 5.41) is 28.6. The first-order valence-electron chi connectivity index (χ1n) is 12.7. The predicted octanol–water partition coefficient (Wildman–Crippen LogP) is 1.91. The van der Waals surface area contributed by atoms with Crippen LogP contribution < -0.4 is 10.6 Å². The molecule has 6 rings (SSSR count). The third kappa shape index (κ3) is 4.32. The Bertz CT molecular complexity index is 1440. The minimum Gasteiger partial charge on any atom is -0.387 e. The van der Waals surface area contributed by atoms with Crippen molar-refractivity contribution in [2.24, 2.45) is 0 Å². The van der Waals surface area contributed by atoms with E-state index in [0.29, 0.717) is 29.6 Å². The van der Waals surface area contributed by atoms with Crippen LogP contribution in [-0.4, -0.2) is 71.1 Å². The zero-order valence-corrected chi connectivity index (χ0v) is 20.8. The molecule has 0 bridgehead atoms. The molecule has 0 spiro atoms. The molecule has 4 unspecified atom stereocenters. The lowest BCUT2D eigenvalue weighted by atomic mass is 10.1. The van der Waals surface area contributed by atoms with Crippen molar-refractivity contribution in [2.45, 2.75) is 69.7 Å². The number of amides is 1. The number of carbonyl (C=O) groups is 1. The molecule has 11 nitrogen and oxygen atoms in total. The highest BCUT2D eigenvalue weighted by molar-refractivity contribution is 5.85. The van der Waals surface area contributed by atoms with Crippen LogP contribution >= 0.6 is 0 Å². The number of benzene rings is 1. The van der Waals surface area contributed by atoms with Crippen molar-refractivity contribution in [3.63, 3.8) is 0 Å². The van der Waals surface area contributed by atoms with E-state index in [1.807, 2.05) is 0 Å². The monoisotopic (exact) mass is 505 g/mol. The molecule has 1 aromatic carbocycles. The molecule has 4 aromatic rings. The van der Waals surface area contributed by atoms with Gasteiger partial charge in [-0.3, -0.25) is 9.36 Å². The molecule has 2 aliphatic rings. The molecule has 194 valence electrons. The van der Waals surface area contributed by atoms with Crippen LogP contribution in [0.4, 0.5) is 5.82 Å². The number of carbonyl (C=O) groups excluding carboxylic acids is 1. The number of aliphatic hydroxyl groups excluding tert-OH is 2. The van der Waals surface area contributed by atoms with Gasteiger partial charge in [-0.25, -0.2) is 15.0 Å². The number of nitrogens with zero attached hydrogens (tertiary/aromatic N) is 5. The largest absolute Gasteiger partial charge is 0.387 e. The Hall–Kier alpha value is -3.54. The number of imidazole rings is 1. The summed E-state index contributed by atoms with van der Waals surface area (Å²) >= 11 is 0. The molecule has 2 fully saturated rings. The SMILES string of the molecule is CC(C)n1cc(CCNc2ncnc3c2ncn3C2OC(C(=O)NC3CC3)C(O)C2O)c2ccccc21. The lowest BCUT2D eigenvalue weighted by molar-refractivity contribution is -0.137. The van der Waals surface area contributed by atoms with E-state index in [2.05, 4.69) is 74.5 Å². The second-order valence-electron chi connectivity index (χ2n) is 10.1. The third-order valence-corrected chi connectivity index (χ3v) is 7.12. The average molecular weight is 506 g/mol. The number of hydrogen-bond acceptors (Lipinski definition) is 8. The quantitative estimate of drug-likeness (QED) is 0.285. The number of nitrogens with one attached hydrogen (secondary N) is 2. The van der Waals surface area contributed by atoms with Gasteiger partial charge in [0.25, 0.3) is 5.91 Å². The highest BCUT2D eigenvalue weighted by Gasteiger charge is 2.48. The van der Waals surface area contributed by atoms with Crippen LogP contribution in [0.5, 0.6) is 0 Å². The first-order chi connectivity index (χ1) is 17.9. The van der Waals surface area contributed by atoms with Crippen molar-refractivity contribution in [1.82, 2.24) is 29.4 Å². The number of ether oxygens (including phenoxy) is 1. The molecule has 1 amide bonds. The molecule has 4 atom stereocenters. The Kier molecular flexibility index (Phi) is 6.06. The number of rotatable bonds is 8. The summed E-state index contributed by atoms with van der Waals surface area (Å²) in [4.78, 5) is 25.6. The van der Waals surface area contributed by atoms with Crippen molar-refractivity contribution >= 4 is 33.8 Å². The Morgan fingerprint density at radius 2 is 1.97 bits per heavy atom. The number of fused-ring (bicyclic) bond motifs is 2. The van der Waals surface area contributed by atoms with Crippen molar-refractivity contribution in [3.8, 4) is 0 Å². The van der Waals surface area contributed by atoms with Crippen LogP contribution in [0.1, 0.15) is 44.5 Å². The maximum atomic E-state index is 12.5. The topological polar surface area (TPSA) is 139 Å². The average Bonchev–Trinajstić information content (AvgIpc) is 3.35. The van der Waals surface area contributed by atoms with E-state index < -0.39 is 30.4 Å². The van der Waals surface area contributed by atoms with E-state index >= 15 is 0 Å². The van der Waals surface area contributed by atoms with Crippen molar-refractivity contribution in [1.29, 1.82) is 0 Å². The zero-order chi connectivity index (χ0) is 25.7. The minimum absolute atomic E-state index is 0.122. The molecule has 1 saturated heterocycles. The van der Waals surface area contributed by atoms with Gasteiger partial charge in [-0.1, -0.05) is 18.2 Å². The highest BCUT2D eigenvalue weighted by atomic mass is 16.6. The molecule has 1 saturated carbocycles. The summed E-state index contributed by atoms with van der Waals surface area (Å²) < 4.78 is 9.62. The van der Waals surface area contributed by atoms with Crippen molar-refractivity contribution < 1.29 is 19.7 Å². The van der Waals surface area contributed by atoms with Gasteiger partial charge in [-0.2, -0.15) is 0 Å². The summed E-state index contributed by atoms with van der Waals surface area (Å²) in [6.45, 7) is 4.98. The normalized spacial score (nSPS) is 23.8. The van der Waals surface area contributed by atoms with E-state index in [9.17, 15) is 15.0 Å². The van der Waals surface area contributed by atoms with Crippen LogP contribution in [-0.2, 0) is 16.0 Å². The lowest BCUT2D eigenvalue weighted by Gasteiger charge is -2.16. The van der Waals surface area contributed by atoms with Gasteiger partial charge in [0.2, 0.25) is 0 Å². The minimum atomic E-state index is -1.35. The third-order valence-electron chi connectivity index (χ3n) is 7.12. The Morgan fingerprint density at radius 1 is 1.16 bits per heavy atom. The van der Waals surface area contributed by atoms with Crippen molar-refractivity contribution in [2.75, 3.05) is 11.9 Å². The van der Waals surface area contributed by atoms with E-state index in [0.717, 1.165) is 19.3 Å². The number of anilines is 1. The summed E-state index contributed by atoms with van der Waals surface area (Å²) in [5.74, 6) is 0.143. The second-order valence-corrected chi connectivity index (χ2v) is 10.1. The van der Waals surface area contributed by atoms with Gasteiger partial charge in [0.05, 0.1) is 6.33 Å². The first-order valence-corrected chi connectivity index (χ1v) is 12.7. The molecule has 11 heteroatoms. The van der Waals surface area contributed by atoms with Gasteiger partial charge in [0.1, 0.15) is 18.5 Å².